The fourth-order valence-corrected chi connectivity index (χ4v) is 3.33. The second-order valence-corrected chi connectivity index (χ2v) is 6.92. The first kappa shape index (κ1) is 19.6. The molecule has 4 aromatic rings. The number of amides is 1. The van der Waals surface area contributed by atoms with Gasteiger partial charge in [-0.3, -0.25) is 4.79 Å². The van der Waals surface area contributed by atoms with Crippen molar-refractivity contribution in [3.63, 3.8) is 0 Å². The van der Waals surface area contributed by atoms with Crippen molar-refractivity contribution in [2.75, 3.05) is 6.54 Å². The highest BCUT2D eigenvalue weighted by Gasteiger charge is 2.13. The highest BCUT2D eigenvalue weighted by molar-refractivity contribution is 5.96. The van der Waals surface area contributed by atoms with Crippen molar-refractivity contribution in [2.45, 2.75) is 33.4 Å². The summed E-state index contributed by atoms with van der Waals surface area (Å²) in [5, 5.41) is 6.77. The molecule has 4 rings (SSSR count). The van der Waals surface area contributed by atoms with Gasteiger partial charge in [-0.1, -0.05) is 29.4 Å². The predicted octanol–water partition coefficient (Wildman–Crippen LogP) is 3.44. The Morgan fingerprint density at radius 2 is 1.90 bits per heavy atom. The summed E-state index contributed by atoms with van der Waals surface area (Å²) in [5.74, 6) is 2.18. The van der Waals surface area contributed by atoms with Gasteiger partial charge in [0.1, 0.15) is 11.6 Å². The van der Waals surface area contributed by atoms with Crippen molar-refractivity contribution in [1.82, 2.24) is 25.0 Å². The largest absolute Gasteiger partial charge is 0.485 e. The molecule has 0 fully saturated rings. The van der Waals surface area contributed by atoms with Gasteiger partial charge in [-0.25, -0.2) is 4.98 Å². The number of ether oxygens (including phenoxy) is 1. The van der Waals surface area contributed by atoms with Gasteiger partial charge in [-0.05, 0) is 37.6 Å². The zero-order valence-electron chi connectivity index (χ0n) is 17.0. The number of nitrogens with zero attached hydrogens (tertiary/aromatic N) is 4. The van der Waals surface area contributed by atoms with Crippen LogP contribution in [0.4, 0.5) is 0 Å². The average molecular weight is 405 g/mol. The van der Waals surface area contributed by atoms with Crippen LogP contribution in [0.3, 0.4) is 0 Å². The zero-order chi connectivity index (χ0) is 20.9. The highest BCUT2D eigenvalue weighted by atomic mass is 16.5. The molecular weight excluding hydrogens is 382 g/mol. The smallest absolute Gasteiger partial charge is 0.255 e. The summed E-state index contributed by atoms with van der Waals surface area (Å²) in [7, 11) is 0. The Morgan fingerprint density at radius 1 is 1.10 bits per heavy atom. The molecule has 8 heteroatoms. The van der Waals surface area contributed by atoms with Gasteiger partial charge in [0.05, 0.1) is 16.6 Å². The van der Waals surface area contributed by atoms with E-state index in [2.05, 4.69) is 31.1 Å². The van der Waals surface area contributed by atoms with Crippen LogP contribution in [0.1, 0.15) is 34.3 Å². The summed E-state index contributed by atoms with van der Waals surface area (Å²) < 4.78 is 12.8. The Labute approximate surface area is 173 Å². The summed E-state index contributed by atoms with van der Waals surface area (Å²) in [6.45, 7) is 5.17. The first-order valence-corrected chi connectivity index (χ1v) is 9.83. The molecule has 0 radical (unpaired) electrons. The number of carbonyl (C=O) groups is 1. The molecule has 154 valence electrons. The van der Waals surface area contributed by atoms with E-state index in [4.69, 9.17) is 9.26 Å². The molecular formula is C22H23N5O3. The van der Waals surface area contributed by atoms with Crippen molar-refractivity contribution in [1.29, 1.82) is 0 Å². The lowest BCUT2D eigenvalue weighted by Crippen LogP contribution is -2.26. The van der Waals surface area contributed by atoms with Crippen LogP contribution >= 0.6 is 0 Å². The maximum Gasteiger partial charge on any atom is 0.255 e. The minimum absolute atomic E-state index is 0.134. The normalized spacial score (nSPS) is 11.0. The number of para-hydroxylation sites is 3. The van der Waals surface area contributed by atoms with Crippen molar-refractivity contribution >= 4 is 16.9 Å². The van der Waals surface area contributed by atoms with E-state index in [9.17, 15) is 4.79 Å². The van der Waals surface area contributed by atoms with Gasteiger partial charge in [0.25, 0.3) is 5.91 Å². The fourth-order valence-electron chi connectivity index (χ4n) is 3.33. The van der Waals surface area contributed by atoms with Crippen LogP contribution in [-0.2, 0) is 13.2 Å². The SMILES string of the molecule is Cc1nc(COc2ccccc2C(=O)NCCCn2c(C)nc3ccccc32)no1. The minimum Gasteiger partial charge on any atom is -0.485 e. The molecule has 0 atom stereocenters. The van der Waals surface area contributed by atoms with Crippen LogP contribution in [0.2, 0.25) is 0 Å². The molecule has 0 saturated carbocycles. The number of benzene rings is 2. The number of aromatic nitrogens is 4. The lowest BCUT2D eigenvalue weighted by Gasteiger charge is -2.11. The summed E-state index contributed by atoms with van der Waals surface area (Å²) in [4.78, 5) is 21.3. The average Bonchev–Trinajstić information content (AvgIpc) is 3.32. The molecule has 8 nitrogen and oxygen atoms in total. The first-order valence-electron chi connectivity index (χ1n) is 9.83. The molecule has 0 aliphatic heterocycles. The van der Waals surface area contributed by atoms with Crippen molar-refractivity contribution in [3.05, 3.63) is 71.6 Å². The van der Waals surface area contributed by atoms with Crippen molar-refractivity contribution in [2.24, 2.45) is 0 Å². The lowest BCUT2D eigenvalue weighted by molar-refractivity contribution is 0.0948. The van der Waals surface area contributed by atoms with Crippen LogP contribution < -0.4 is 10.1 Å². The Balaban J connectivity index is 1.33. The minimum atomic E-state index is -0.179. The summed E-state index contributed by atoms with van der Waals surface area (Å²) in [6.07, 6.45) is 0.790. The molecule has 0 aliphatic carbocycles. The van der Waals surface area contributed by atoms with E-state index in [0.717, 1.165) is 29.8 Å². The maximum absolute atomic E-state index is 12.7. The topological polar surface area (TPSA) is 95.1 Å². The third kappa shape index (κ3) is 4.32. The van der Waals surface area contributed by atoms with Crippen LogP contribution in [0.25, 0.3) is 11.0 Å². The lowest BCUT2D eigenvalue weighted by atomic mass is 10.2. The number of hydrogen-bond acceptors (Lipinski definition) is 6. The Kier molecular flexibility index (Phi) is 5.74. The van der Waals surface area contributed by atoms with E-state index >= 15 is 0 Å². The zero-order valence-corrected chi connectivity index (χ0v) is 17.0. The van der Waals surface area contributed by atoms with Crippen LogP contribution in [0.5, 0.6) is 5.75 Å². The molecule has 1 amide bonds. The van der Waals surface area contributed by atoms with Gasteiger partial charge in [-0.15, -0.1) is 0 Å². The van der Waals surface area contributed by atoms with Gasteiger partial charge in [0.2, 0.25) is 11.7 Å². The van der Waals surface area contributed by atoms with E-state index in [1.807, 2.05) is 31.2 Å². The van der Waals surface area contributed by atoms with Crippen LogP contribution in [0, 0.1) is 13.8 Å². The molecule has 0 aliphatic rings. The number of imidazole rings is 1. The highest BCUT2D eigenvalue weighted by Crippen LogP contribution is 2.19. The van der Waals surface area contributed by atoms with Gasteiger partial charge in [-0.2, -0.15) is 4.98 Å². The maximum atomic E-state index is 12.7. The molecule has 2 aromatic carbocycles. The number of hydrogen-bond donors (Lipinski definition) is 1. The molecule has 0 saturated heterocycles. The Hall–Kier alpha value is -3.68. The molecule has 2 aromatic heterocycles. The molecule has 30 heavy (non-hydrogen) atoms. The van der Waals surface area contributed by atoms with Crippen LogP contribution in [-0.4, -0.2) is 32.1 Å². The molecule has 0 unspecified atom stereocenters. The van der Waals surface area contributed by atoms with E-state index in [0.29, 0.717) is 29.6 Å². The fraction of sp³-hybridized carbons (Fsp3) is 0.273. The van der Waals surface area contributed by atoms with E-state index in [1.165, 1.54) is 0 Å². The van der Waals surface area contributed by atoms with Crippen LogP contribution in [0.15, 0.2) is 53.1 Å². The Bertz CT molecular complexity index is 1160. The molecule has 0 bridgehead atoms. The van der Waals surface area contributed by atoms with E-state index in [-0.39, 0.29) is 12.5 Å². The van der Waals surface area contributed by atoms with Gasteiger partial charge >= 0.3 is 0 Å². The quantitative estimate of drug-likeness (QED) is 0.451. The van der Waals surface area contributed by atoms with Crippen molar-refractivity contribution < 1.29 is 14.1 Å². The second-order valence-electron chi connectivity index (χ2n) is 6.92. The van der Waals surface area contributed by atoms with E-state index < -0.39 is 0 Å². The third-order valence-electron chi connectivity index (χ3n) is 4.75. The summed E-state index contributed by atoms with van der Waals surface area (Å²) in [5.41, 5.74) is 2.57. The monoisotopic (exact) mass is 405 g/mol. The first-order chi connectivity index (χ1) is 14.6. The van der Waals surface area contributed by atoms with Gasteiger partial charge in [0.15, 0.2) is 6.61 Å². The van der Waals surface area contributed by atoms with Gasteiger partial charge in [0, 0.05) is 20.0 Å². The summed E-state index contributed by atoms with van der Waals surface area (Å²) in [6, 6.07) is 15.2. The number of nitrogens with one attached hydrogen (secondary N) is 1. The number of rotatable bonds is 8. The Morgan fingerprint density at radius 3 is 2.73 bits per heavy atom. The number of fused-ring (bicyclic) bond motifs is 1. The number of aryl methyl sites for hydroxylation is 3. The molecule has 1 N–H and O–H groups in total. The molecule has 0 spiro atoms. The van der Waals surface area contributed by atoms with Gasteiger partial charge < -0.3 is 19.1 Å². The second kappa shape index (κ2) is 8.77. The predicted molar refractivity (Wildman–Crippen MR) is 111 cm³/mol. The molecule has 2 heterocycles. The standard InChI is InChI=1S/C22H23N5O3/c1-15-24-18-9-4-5-10-19(18)27(15)13-7-12-23-22(28)17-8-3-6-11-20(17)29-14-21-25-16(2)30-26-21/h3-6,8-11H,7,12-14H2,1-2H3,(H,23,28). The van der Waals surface area contributed by atoms with Crippen molar-refractivity contribution in [3.8, 4) is 5.75 Å². The number of carbonyl (C=O) groups excluding carboxylic acids is 1. The van der Waals surface area contributed by atoms with E-state index in [1.54, 1.807) is 25.1 Å². The third-order valence-corrected chi connectivity index (χ3v) is 4.75. The summed E-state index contributed by atoms with van der Waals surface area (Å²) >= 11 is 0.